The molecule has 1 atom stereocenters. The zero-order valence-electron chi connectivity index (χ0n) is 15.9. The zero-order valence-corrected chi connectivity index (χ0v) is 16.7. The van der Waals surface area contributed by atoms with Gasteiger partial charge in [-0.05, 0) is 47.9 Å². The number of amides is 1. The number of aromatic nitrogens is 1. The fourth-order valence-corrected chi connectivity index (χ4v) is 3.36. The van der Waals surface area contributed by atoms with Gasteiger partial charge in [0.25, 0.3) is 0 Å². The molecule has 0 radical (unpaired) electrons. The van der Waals surface area contributed by atoms with E-state index in [-0.39, 0.29) is 12.0 Å². The third kappa shape index (κ3) is 5.03. The standard InChI is InChI=1S/C21H23ClN2O4/c1-26-19-12-16(11-18(22)21(19)27-2)3-4-20(25)24-10-7-17(13-24)28-14-15-5-8-23-9-6-15/h3-6,8-9,11-12,17H,7,10,13-14H2,1-2H3. The average Bonchev–Trinajstić information content (AvgIpc) is 3.20. The van der Waals surface area contributed by atoms with Crippen LogP contribution in [0.3, 0.4) is 0 Å². The van der Waals surface area contributed by atoms with Gasteiger partial charge in [-0.15, -0.1) is 0 Å². The maximum atomic E-state index is 12.5. The maximum Gasteiger partial charge on any atom is 0.246 e. The van der Waals surface area contributed by atoms with Crippen LogP contribution in [0.4, 0.5) is 0 Å². The first kappa shape index (κ1) is 20.2. The van der Waals surface area contributed by atoms with Crippen LogP contribution in [0.2, 0.25) is 5.02 Å². The van der Waals surface area contributed by atoms with E-state index >= 15 is 0 Å². The van der Waals surface area contributed by atoms with Gasteiger partial charge >= 0.3 is 0 Å². The lowest BCUT2D eigenvalue weighted by molar-refractivity contribution is -0.125. The van der Waals surface area contributed by atoms with Crippen LogP contribution in [0.15, 0.2) is 42.7 Å². The Kier molecular flexibility index (Phi) is 6.90. The molecule has 0 aliphatic carbocycles. The summed E-state index contributed by atoms with van der Waals surface area (Å²) in [7, 11) is 3.08. The first-order valence-corrected chi connectivity index (χ1v) is 9.37. The summed E-state index contributed by atoms with van der Waals surface area (Å²) in [5, 5.41) is 0.430. The molecule has 148 valence electrons. The highest BCUT2D eigenvalue weighted by Crippen LogP contribution is 2.36. The molecule has 2 heterocycles. The molecular formula is C21H23ClN2O4. The van der Waals surface area contributed by atoms with Crippen LogP contribution in [0.25, 0.3) is 6.08 Å². The molecule has 1 aliphatic heterocycles. The van der Waals surface area contributed by atoms with E-state index < -0.39 is 0 Å². The van der Waals surface area contributed by atoms with Crippen LogP contribution >= 0.6 is 11.6 Å². The molecule has 1 unspecified atom stereocenters. The predicted octanol–water partition coefficient (Wildman–Crippen LogP) is 3.58. The minimum Gasteiger partial charge on any atom is -0.493 e. The van der Waals surface area contributed by atoms with Gasteiger partial charge in [0.15, 0.2) is 11.5 Å². The van der Waals surface area contributed by atoms with Crippen LogP contribution in [-0.4, -0.2) is 49.2 Å². The van der Waals surface area contributed by atoms with Crippen molar-refractivity contribution in [2.45, 2.75) is 19.1 Å². The summed E-state index contributed by atoms with van der Waals surface area (Å²) in [6.07, 6.45) is 7.63. The summed E-state index contributed by atoms with van der Waals surface area (Å²) in [5.41, 5.74) is 1.84. The fourth-order valence-electron chi connectivity index (χ4n) is 3.06. The highest BCUT2D eigenvalue weighted by molar-refractivity contribution is 6.32. The number of nitrogens with zero attached hydrogens (tertiary/aromatic N) is 2. The molecule has 3 rings (SSSR count). The van der Waals surface area contributed by atoms with Crippen molar-refractivity contribution in [1.82, 2.24) is 9.88 Å². The van der Waals surface area contributed by atoms with Crippen molar-refractivity contribution >= 4 is 23.6 Å². The summed E-state index contributed by atoms with van der Waals surface area (Å²) < 4.78 is 16.4. The highest BCUT2D eigenvalue weighted by Gasteiger charge is 2.25. The van der Waals surface area contributed by atoms with Crippen LogP contribution < -0.4 is 9.47 Å². The number of carbonyl (C=O) groups excluding carboxylic acids is 1. The number of methoxy groups -OCH3 is 2. The van der Waals surface area contributed by atoms with Gasteiger partial charge in [0.05, 0.1) is 32.0 Å². The van der Waals surface area contributed by atoms with E-state index in [0.717, 1.165) is 17.5 Å². The van der Waals surface area contributed by atoms with E-state index in [1.54, 1.807) is 48.7 Å². The Bertz CT molecular complexity index is 842. The molecule has 1 aliphatic rings. The summed E-state index contributed by atoms with van der Waals surface area (Å²) in [6, 6.07) is 7.36. The molecule has 1 saturated heterocycles. The van der Waals surface area contributed by atoms with E-state index in [4.69, 9.17) is 25.8 Å². The third-order valence-corrected chi connectivity index (χ3v) is 4.85. The van der Waals surface area contributed by atoms with Crippen LogP contribution in [0, 0.1) is 0 Å². The Balaban J connectivity index is 1.56. The van der Waals surface area contributed by atoms with Crippen molar-refractivity contribution in [3.8, 4) is 11.5 Å². The second kappa shape index (κ2) is 9.57. The summed E-state index contributed by atoms with van der Waals surface area (Å²) in [5.74, 6) is 0.940. The lowest BCUT2D eigenvalue weighted by atomic mass is 10.2. The quantitative estimate of drug-likeness (QED) is 0.662. The molecule has 28 heavy (non-hydrogen) atoms. The van der Waals surface area contributed by atoms with E-state index in [1.165, 1.54) is 7.11 Å². The molecule has 1 aromatic heterocycles. The van der Waals surface area contributed by atoms with Gasteiger partial charge < -0.3 is 19.1 Å². The maximum absolute atomic E-state index is 12.5. The van der Waals surface area contributed by atoms with E-state index in [2.05, 4.69) is 4.98 Å². The normalized spacial score (nSPS) is 16.5. The van der Waals surface area contributed by atoms with E-state index in [1.807, 2.05) is 12.1 Å². The van der Waals surface area contributed by atoms with Crippen molar-refractivity contribution in [2.75, 3.05) is 27.3 Å². The fraction of sp³-hybridized carbons (Fsp3) is 0.333. The van der Waals surface area contributed by atoms with E-state index in [9.17, 15) is 4.79 Å². The number of hydrogen-bond acceptors (Lipinski definition) is 5. The molecule has 0 N–H and O–H groups in total. The molecule has 2 aromatic rings. The number of carbonyl (C=O) groups is 1. The summed E-state index contributed by atoms with van der Waals surface area (Å²) in [4.78, 5) is 18.3. The van der Waals surface area contributed by atoms with Crippen molar-refractivity contribution in [3.05, 3.63) is 58.9 Å². The van der Waals surface area contributed by atoms with Crippen molar-refractivity contribution in [3.63, 3.8) is 0 Å². The third-order valence-electron chi connectivity index (χ3n) is 4.57. The van der Waals surface area contributed by atoms with Crippen LogP contribution in [0.5, 0.6) is 11.5 Å². The molecule has 0 spiro atoms. The molecule has 1 amide bonds. The lowest BCUT2D eigenvalue weighted by Crippen LogP contribution is -2.28. The van der Waals surface area contributed by atoms with Crippen molar-refractivity contribution in [1.29, 1.82) is 0 Å². The van der Waals surface area contributed by atoms with Crippen LogP contribution in [0.1, 0.15) is 17.5 Å². The Morgan fingerprint density at radius 3 is 2.79 bits per heavy atom. The lowest BCUT2D eigenvalue weighted by Gasteiger charge is -2.15. The van der Waals surface area contributed by atoms with Gasteiger partial charge in [-0.25, -0.2) is 0 Å². The van der Waals surface area contributed by atoms with Crippen molar-refractivity contribution < 1.29 is 19.0 Å². The first-order chi connectivity index (χ1) is 13.6. The summed E-state index contributed by atoms with van der Waals surface area (Å²) in [6.45, 7) is 1.78. The second-order valence-electron chi connectivity index (χ2n) is 6.43. The minimum absolute atomic E-state index is 0.0426. The Labute approximate surface area is 169 Å². The Hall–Kier alpha value is -2.57. The number of rotatable bonds is 7. The van der Waals surface area contributed by atoms with Gasteiger partial charge in [-0.2, -0.15) is 0 Å². The largest absolute Gasteiger partial charge is 0.493 e. The summed E-state index contributed by atoms with van der Waals surface area (Å²) >= 11 is 6.21. The number of hydrogen-bond donors (Lipinski definition) is 0. The molecule has 7 heteroatoms. The van der Waals surface area contributed by atoms with Crippen molar-refractivity contribution in [2.24, 2.45) is 0 Å². The number of pyridine rings is 1. The highest BCUT2D eigenvalue weighted by atomic mass is 35.5. The predicted molar refractivity (Wildman–Crippen MR) is 108 cm³/mol. The van der Waals surface area contributed by atoms with Gasteiger partial charge in [0, 0.05) is 31.6 Å². The number of ether oxygens (including phenoxy) is 3. The van der Waals surface area contributed by atoms with E-state index in [0.29, 0.717) is 36.2 Å². The minimum atomic E-state index is -0.0547. The topological polar surface area (TPSA) is 60.9 Å². The van der Waals surface area contributed by atoms with Gasteiger partial charge in [0.2, 0.25) is 5.91 Å². The van der Waals surface area contributed by atoms with Crippen LogP contribution in [-0.2, 0) is 16.1 Å². The SMILES string of the molecule is COc1cc(C=CC(=O)N2CCC(OCc3ccncc3)C2)cc(Cl)c1OC. The van der Waals surface area contributed by atoms with Gasteiger partial charge in [-0.3, -0.25) is 9.78 Å². The Morgan fingerprint density at radius 1 is 1.29 bits per heavy atom. The molecule has 0 saturated carbocycles. The first-order valence-electron chi connectivity index (χ1n) is 8.99. The Morgan fingerprint density at radius 2 is 2.07 bits per heavy atom. The van der Waals surface area contributed by atoms with Gasteiger partial charge in [-0.1, -0.05) is 11.6 Å². The van der Waals surface area contributed by atoms with Gasteiger partial charge in [0.1, 0.15) is 0 Å². The number of likely N-dealkylation sites (tertiary alicyclic amines) is 1. The smallest absolute Gasteiger partial charge is 0.246 e. The monoisotopic (exact) mass is 402 g/mol. The second-order valence-corrected chi connectivity index (χ2v) is 6.84. The number of halogens is 1. The number of benzene rings is 1. The molecule has 1 fully saturated rings. The zero-order chi connectivity index (χ0) is 19.9. The molecule has 6 nitrogen and oxygen atoms in total. The molecular weight excluding hydrogens is 380 g/mol. The average molecular weight is 403 g/mol. The molecule has 0 bridgehead atoms. The molecule has 1 aromatic carbocycles.